The maximum Gasteiger partial charge on any atom is 0.346 e. The quantitative estimate of drug-likeness (QED) is 0.269. The molecule has 30 heavy (non-hydrogen) atoms. The van der Waals surface area contributed by atoms with Crippen molar-refractivity contribution in [2.24, 2.45) is 0 Å². The zero-order valence-corrected chi connectivity index (χ0v) is 17.0. The molecule has 4 rings (SSSR count). The molecule has 2 aliphatic rings. The minimum absolute atomic E-state index is 0.0771. The van der Waals surface area contributed by atoms with Crippen LogP contribution in [0.4, 0.5) is 22.7 Å². The first-order chi connectivity index (χ1) is 14.3. The van der Waals surface area contributed by atoms with Crippen LogP contribution in [-0.2, 0) is 9.09 Å². The Morgan fingerprint density at radius 2 is 1.60 bits per heavy atom. The third-order valence-electron chi connectivity index (χ3n) is 4.90. The molecule has 2 aromatic carbocycles. The molecular weight excluding hydrogens is 413 g/mol. The molecule has 0 amide bonds. The maximum atomic E-state index is 13.2. The van der Waals surface area contributed by atoms with E-state index in [1.807, 2.05) is 0 Å². The number of benzene rings is 2. The second-order valence-electron chi connectivity index (χ2n) is 7.11. The number of nitro groups is 2. The summed E-state index contributed by atoms with van der Waals surface area (Å²) >= 11 is 0. The van der Waals surface area contributed by atoms with Crippen molar-refractivity contribution in [3.05, 3.63) is 68.3 Å². The van der Waals surface area contributed by atoms with Crippen LogP contribution in [0.3, 0.4) is 0 Å². The van der Waals surface area contributed by atoms with E-state index in [2.05, 4.69) is 5.32 Å². The SMILES string of the molecule is CC(OP(=O)(N1CC1)N1CC1)c1ccc([N+](=O)[O-])c(Nc2ccc([N+](=O)[O-])cc2)c1. The van der Waals surface area contributed by atoms with Crippen LogP contribution in [0.5, 0.6) is 0 Å². The van der Waals surface area contributed by atoms with Crippen LogP contribution in [0, 0.1) is 20.2 Å². The Hall–Kier alpha value is -2.85. The highest BCUT2D eigenvalue weighted by Gasteiger charge is 2.50. The van der Waals surface area contributed by atoms with Crippen LogP contribution in [0.25, 0.3) is 0 Å². The average molecular weight is 433 g/mol. The lowest BCUT2D eigenvalue weighted by Gasteiger charge is -2.24. The minimum atomic E-state index is -3.04. The fourth-order valence-corrected chi connectivity index (χ4v) is 5.41. The Balaban J connectivity index is 1.58. The summed E-state index contributed by atoms with van der Waals surface area (Å²) in [4.78, 5) is 21.2. The number of hydrogen-bond donors (Lipinski definition) is 1. The summed E-state index contributed by atoms with van der Waals surface area (Å²) in [6.07, 6.45) is -0.546. The lowest BCUT2D eigenvalue weighted by Crippen LogP contribution is -2.11. The first-order valence-electron chi connectivity index (χ1n) is 9.37. The van der Waals surface area contributed by atoms with Gasteiger partial charge in [-0.15, -0.1) is 0 Å². The largest absolute Gasteiger partial charge is 0.350 e. The molecule has 2 aromatic rings. The van der Waals surface area contributed by atoms with E-state index in [9.17, 15) is 24.8 Å². The fraction of sp³-hybridized carbons (Fsp3) is 0.333. The van der Waals surface area contributed by atoms with Gasteiger partial charge < -0.3 is 5.32 Å². The van der Waals surface area contributed by atoms with Gasteiger partial charge in [-0.25, -0.2) is 9.34 Å². The standard InChI is InChI=1S/C18H20N5O6P/c1-13(29-30(28,20-8-9-20)21-10-11-21)14-2-7-18(23(26)27)17(12-14)19-15-3-5-16(6-4-15)22(24)25/h2-7,12-13,19H,8-11H2,1H3. The van der Waals surface area contributed by atoms with Gasteiger partial charge in [0, 0.05) is 50.1 Å². The summed E-state index contributed by atoms with van der Waals surface area (Å²) < 4.78 is 22.8. The van der Waals surface area contributed by atoms with E-state index in [0.29, 0.717) is 11.3 Å². The van der Waals surface area contributed by atoms with Crippen LogP contribution < -0.4 is 5.32 Å². The number of nitro benzene ring substituents is 2. The van der Waals surface area contributed by atoms with E-state index < -0.39 is 23.6 Å². The van der Waals surface area contributed by atoms with E-state index in [0.717, 1.165) is 26.2 Å². The smallest absolute Gasteiger partial charge is 0.346 e. The van der Waals surface area contributed by atoms with E-state index >= 15 is 0 Å². The topological polar surface area (TPSA) is 131 Å². The Labute approximate surface area is 172 Å². The molecule has 0 saturated carbocycles. The molecule has 158 valence electrons. The number of nitrogens with zero attached hydrogens (tertiary/aromatic N) is 4. The maximum absolute atomic E-state index is 13.2. The van der Waals surface area contributed by atoms with Gasteiger partial charge in [-0.1, -0.05) is 0 Å². The molecule has 2 fully saturated rings. The zero-order chi connectivity index (χ0) is 21.5. The highest BCUT2D eigenvalue weighted by Crippen LogP contribution is 2.63. The van der Waals surface area contributed by atoms with E-state index in [-0.39, 0.29) is 17.1 Å². The van der Waals surface area contributed by atoms with E-state index in [1.54, 1.807) is 28.4 Å². The molecule has 12 heteroatoms. The summed E-state index contributed by atoms with van der Waals surface area (Å²) in [7, 11) is -3.04. The molecule has 0 aliphatic carbocycles. The third-order valence-corrected chi connectivity index (χ3v) is 7.72. The number of hydrogen-bond acceptors (Lipinski definition) is 7. The molecular formula is C18H20N5O6P. The summed E-state index contributed by atoms with van der Waals surface area (Å²) in [5.41, 5.74) is 1.09. The van der Waals surface area contributed by atoms with Crippen molar-refractivity contribution in [2.75, 3.05) is 31.5 Å². The van der Waals surface area contributed by atoms with Gasteiger partial charge in [-0.2, -0.15) is 0 Å². The van der Waals surface area contributed by atoms with Gasteiger partial charge in [0.15, 0.2) is 0 Å². The Bertz CT molecular complexity index is 1020. The van der Waals surface area contributed by atoms with Gasteiger partial charge >= 0.3 is 7.67 Å². The highest BCUT2D eigenvalue weighted by atomic mass is 31.2. The van der Waals surface area contributed by atoms with Crippen molar-refractivity contribution < 1.29 is 18.9 Å². The summed E-state index contributed by atoms with van der Waals surface area (Å²) in [5, 5.41) is 25.2. The minimum Gasteiger partial charge on any atom is -0.350 e. The number of anilines is 2. The zero-order valence-electron chi connectivity index (χ0n) is 16.1. The van der Waals surface area contributed by atoms with E-state index in [4.69, 9.17) is 4.52 Å². The van der Waals surface area contributed by atoms with Gasteiger partial charge in [0.05, 0.1) is 16.0 Å². The van der Waals surface area contributed by atoms with Crippen LogP contribution in [0.15, 0.2) is 42.5 Å². The van der Waals surface area contributed by atoms with Crippen LogP contribution in [0.2, 0.25) is 0 Å². The molecule has 2 heterocycles. The predicted octanol–water partition coefficient (Wildman–Crippen LogP) is 4.06. The number of non-ortho nitro benzene ring substituents is 1. The molecule has 11 nitrogen and oxygen atoms in total. The molecule has 0 spiro atoms. The highest BCUT2D eigenvalue weighted by molar-refractivity contribution is 7.54. The predicted molar refractivity (Wildman–Crippen MR) is 110 cm³/mol. The molecule has 2 saturated heterocycles. The van der Waals surface area contributed by atoms with Crippen LogP contribution in [0.1, 0.15) is 18.6 Å². The van der Waals surface area contributed by atoms with Gasteiger partial charge in [-0.05, 0) is 36.8 Å². The van der Waals surface area contributed by atoms with Gasteiger partial charge in [0.2, 0.25) is 0 Å². The first kappa shape index (κ1) is 20.4. The van der Waals surface area contributed by atoms with Crippen LogP contribution >= 0.6 is 7.67 Å². The second-order valence-corrected chi connectivity index (χ2v) is 9.43. The van der Waals surface area contributed by atoms with E-state index in [1.165, 1.54) is 30.3 Å². The fourth-order valence-electron chi connectivity index (χ4n) is 3.06. The number of rotatable bonds is 9. The second kappa shape index (κ2) is 7.77. The molecule has 0 aromatic heterocycles. The van der Waals surface area contributed by atoms with Crippen molar-refractivity contribution in [3.8, 4) is 0 Å². The van der Waals surface area contributed by atoms with Crippen molar-refractivity contribution >= 4 is 30.4 Å². The third kappa shape index (κ3) is 4.19. The van der Waals surface area contributed by atoms with Crippen LogP contribution in [-0.4, -0.2) is 45.4 Å². The van der Waals surface area contributed by atoms with Gasteiger partial charge in [0.1, 0.15) is 5.69 Å². The molecule has 0 radical (unpaired) electrons. The summed E-state index contributed by atoms with van der Waals surface area (Å²) in [6.45, 7) is 4.68. The summed E-state index contributed by atoms with van der Waals surface area (Å²) in [5.74, 6) is 0. The van der Waals surface area contributed by atoms with Crippen molar-refractivity contribution in [3.63, 3.8) is 0 Å². The average Bonchev–Trinajstić information content (AvgIpc) is 3.59. The Morgan fingerprint density at radius 1 is 1.00 bits per heavy atom. The molecule has 1 unspecified atom stereocenters. The van der Waals surface area contributed by atoms with Gasteiger partial charge in [0.25, 0.3) is 11.4 Å². The summed E-state index contributed by atoms with van der Waals surface area (Å²) in [6, 6.07) is 10.1. The number of nitrogens with one attached hydrogen (secondary N) is 1. The van der Waals surface area contributed by atoms with Crippen molar-refractivity contribution in [1.82, 2.24) is 9.34 Å². The molecule has 0 bridgehead atoms. The Morgan fingerprint density at radius 3 is 2.10 bits per heavy atom. The Kier molecular flexibility index (Phi) is 5.29. The lowest BCUT2D eigenvalue weighted by molar-refractivity contribution is -0.384. The lowest BCUT2D eigenvalue weighted by atomic mass is 10.1. The van der Waals surface area contributed by atoms with Crippen molar-refractivity contribution in [2.45, 2.75) is 13.0 Å². The van der Waals surface area contributed by atoms with Crippen molar-refractivity contribution in [1.29, 1.82) is 0 Å². The monoisotopic (exact) mass is 433 g/mol. The first-order valence-corrected chi connectivity index (χ1v) is 10.9. The normalized spacial score (nSPS) is 17.4. The molecule has 2 aliphatic heterocycles. The molecule has 1 atom stereocenters. The molecule has 1 N–H and O–H groups in total. The van der Waals surface area contributed by atoms with Gasteiger partial charge in [-0.3, -0.25) is 29.3 Å².